The lowest BCUT2D eigenvalue weighted by Crippen LogP contribution is -2.54. The summed E-state index contributed by atoms with van der Waals surface area (Å²) in [5, 5.41) is 15.6. The number of hydrogen-bond donors (Lipinski definition) is 5. The number of ether oxygens (including phenoxy) is 2. The van der Waals surface area contributed by atoms with Crippen molar-refractivity contribution in [1.82, 2.24) is 40.4 Å². The maximum Gasteiger partial charge on any atom is 0.407 e. The van der Waals surface area contributed by atoms with E-state index in [-0.39, 0.29) is 41.1 Å². The Morgan fingerprint density at radius 2 is 1.33 bits per heavy atom. The van der Waals surface area contributed by atoms with Gasteiger partial charge in [0.15, 0.2) is 0 Å². The van der Waals surface area contributed by atoms with E-state index in [1.165, 1.54) is 20.4 Å². The molecule has 1 aliphatic carbocycles. The molecule has 1 spiro atoms. The molecule has 2 aromatic heterocycles. The Hall–Kier alpha value is -6.51. The number of carbonyl (C=O) groups is 4. The van der Waals surface area contributed by atoms with Crippen molar-refractivity contribution >= 4 is 41.0 Å². The van der Waals surface area contributed by atoms with Crippen LogP contribution in [0.2, 0.25) is 0 Å². The molecule has 4 amide bonds. The van der Waals surface area contributed by atoms with E-state index in [2.05, 4.69) is 69.1 Å². The minimum absolute atomic E-state index is 0.112. The van der Waals surface area contributed by atoms with Gasteiger partial charge in [-0.05, 0) is 82.0 Å². The van der Waals surface area contributed by atoms with Gasteiger partial charge in [-0.15, -0.1) is 0 Å². The largest absolute Gasteiger partial charge is 0.453 e. The van der Waals surface area contributed by atoms with E-state index in [4.69, 9.17) is 24.9 Å². The Labute approximate surface area is 367 Å². The third-order valence-corrected chi connectivity index (χ3v) is 13.1. The second-order valence-corrected chi connectivity index (χ2v) is 18.9. The van der Waals surface area contributed by atoms with E-state index in [1.54, 1.807) is 11.1 Å². The number of nitrogens with one attached hydrogen (secondary N) is 5. The third kappa shape index (κ3) is 8.78. The van der Waals surface area contributed by atoms with Gasteiger partial charge in [0.05, 0.1) is 50.1 Å². The van der Waals surface area contributed by atoms with Gasteiger partial charge in [-0.3, -0.25) is 9.59 Å². The third-order valence-electron chi connectivity index (χ3n) is 13.1. The molecule has 3 aliphatic rings. The van der Waals surface area contributed by atoms with Crippen LogP contribution in [0.1, 0.15) is 84.0 Å². The van der Waals surface area contributed by atoms with E-state index in [1.807, 2.05) is 57.8 Å². The number of aromatic nitrogens is 4. The average Bonchev–Trinajstić information content (AvgIpc) is 3.78. The van der Waals surface area contributed by atoms with Crippen molar-refractivity contribution in [2.75, 3.05) is 27.3 Å². The molecule has 15 heteroatoms. The van der Waals surface area contributed by atoms with Crippen molar-refractivity contribution in [2.45, 2.75) is 84.5 Å². The predicted octanol–water partition coefficient (Wildman–Crippen LogP) is 8.03. The summed E-state index contributed by atoms with van der Waals surface area (Å²) < 4.78 is 9.64. The van der Waals surface area contributed by atoms with Crippen LogP contribution in [0.4, 0.5) is 9.59 Å². The second kappa shape index (κ2) is 17.0. The van der Waals surface area contributed by atoms with Gasteiger partial charge in [0.25, 0.3) is 0 Å². The van der Waals surface area contributed by atoms with Crippen molar-refractivity contribution in [3.63, 3.8) is 0 Å². The lowest BCUT2D eigenvalue weighted by Gasteiger charge is -2.35. The molecule has 5 atom stereocenters. The van der Waals surface area contributed by atoms with Crippen LogP contribution in [0.5, 0.6) is 0 Å². The molecule has 5 aromatic rings. The fourth-order valence-electron chi connectivity index (χ4n) is 9.17. The van der Waals surface area contributed by atoms with E-state index in [9.17, 15) is 19.2 Å². The van der Waals surface area contributed by atoms with Gasteiger partial charge in [0.1, 0.15) is 23.7 Å². The molecule has 4 heterocycles. The van der Waals surface area contributed by atoms with Crippen LogP contribution in [0.25, 0.3) is 44.4 Å². The summed E-state index contributed by atoms with van der Waals surface area (Å²) in [4.78, 5) is 72.3. The molecule has 63 heavy (non-hydrogen) atoms. The van der Waals surface area contributed by atoms with Gasteiger partial charge < -0.3 is 45.3 Å². The molecule has 0 unspecified atom stereocenters. The van der Waals surface area contributed by atoms with Crippen LogP contribution in [-0.2, 0) is 19.1 Å². The highest BCUT2D eigenvalue weighted by Crippen LogP contribution is 2.58. The SMILES string of the molecule is COC(=O)N[C@H](C(=O)N1CC2(CC2)C[C@H]1c1ncc(-c2ccc3cc(-c4ccc(-c5cnc([C@@H]6C[C@H](C=N)CN6C(=O)[C@@H](NC(=O)OC)C(C)(C)C)[nH]5)cc4)ccc3c2)[nH]1)C(C)C. The Kier molecular flexibility index (Phi) is 11.6. The minimum Gasteiger partial charge on any atom is -0.453 e. The molecule has 2 saturated heterocycles. The normalized spacial score (nSPS) is 20.2. The highest BCUT2D eigenvalue weighted by molar-refractivity contribution is 5.91. The summed E-state index contributed by atoms with van der Waals surface area (Å²) in [6.07, 6.45) is 7.24. The molecule has 0 bridgehead atoms. The number of amides is 4. The van der Waals surface area contributed by atoms with E-state index >= 15 is 0 Å². The highest BCUT2D eigenvalue weighted by Gasteiger charge is 2.55. The van der Waals surface area contributed by atoms with Gasteiger partial charge >= 0.3 is 12.2 Å². The van der Waals surface area contributed by atoms with Gasteiger partial charge in [-0.1, -0.05) is 83.1 Å². The maximum atomic E-state index is 14.0. The number of carbonyl (C=O) groups excluding carboxylic acids is 4. The first kappa shape index (κ1) is 43.2. The monoisotopic (exact) mass is 855 g/mol. The number of likely N-dealkylation sites (tertiary alicyclic amines) is 2. The van der Waals surface area contributed by atoms with Crippen molar-refractivity contribution in [1.29, 1.82) is 5.41 Å². The van der Waals surface area contributed by atoms with Crippen LogP contribution < -0.4 is 10.6 Å². The predicted molar refractivity (Wildman–Crippen MR) is 240 cm³/mol. The molecule has 1 saturated carbocycles. The van der Waals surface area contributed by atoms with Crippen LogP contribution in [0.15, 0.2) is 73.1 Å². The standard InChI is InChI=1S/C48H57N9O6/c1-27(2)39(54-45(60)62-6)43(58)57-26-48(16-17-48)21-38(57)42-51-24-36(53-42)34-15-14-32-19-31(12-13-33(32)20-34)29-8-10-30(11-9-29)35-23-50-41(52-35)37-18-28(22-49)25-56(37)44(59)40(47(3,4)5)55-46(61)63-7/h8-15,19-20,22-24,27-28,37-40,49H,16-18,21,25-26H2,1-7H3,(H,50,52)(H,51,53)(H,54,60)(H,55,61)/t28-,37+,38+,39+,40-/m1/s1. The number of hydrogen-bond acceptors (Lipinski definition) is 9. The molecule has 5 N–H and O–H groups in total. The second-order valence-electron chi connectivity index (χ2n) is 18.9. The quantitative estimate of drug-likeness (QED) is 0.0823. The summed E-state index contributed by atoms with van der Waals surface area (Å²) in [5.41, 5.74) is 5.28. The lowest BCUT2D eigenvalue weighted by atomic mass is 9.85. The van der Waals surface area contributed by atoms with Gasteiger partial charge in [0, 0.05) is 30.8 Å². The molecule has 15 nitrogen and oxygen atoms in total. The van der Waals surface area contributed by atoms with E-state index in [0.29, 0.717) is 25.3 Å². The number of nitrogens with zero attached hydrogens (tertiary/aromatic N) is 4. The van der Waals surface area contributed by atoms with E-state index < -0.39 is 29.7 Å². The number of methoxy groups -OCH3 is 2. The number of H-pyrrole nitrogens is 2. The highest BCUT2D eigenvalue weighted by atomic mass is 16.5. The smallest absolute Gasteiger partial charge is 0.407 e. The van der Waals surface area contributed by atoms with Crippen LogP contribution in [0, 0.1) is 28.1 Å². The summed E-state index contributed by atoms with van der Waals surface area (Å²) in [6.45, 7) is 10.5. The van der Waals surface area contributed by atoms with Crippen molar-refractivity contribution in [3.05, 3.63) is 84.7 Å². The van der Waals surface area contributed by atoms with Crippen molar-refractivity contribution in [2.24, 2.45) is 22.7 Å². The summed E-state index contributed by atoms with van der Waals surface area (Å²) in [6, 6.07) is 18.9. The zero-order chi connectivity index (χ0) is 44.8. The zero-order valence-electron chi connectivity index (χ0n) is 37.0. The molecule has 3 aromatic carbocycles. The molecule has 0 radical (unpaired) electrons. The number of aromatic amines is 2. The molecule has 8 rings (SSSR count). The lowest BCUT2D eigenvalue weighted by molar-refractivity contribution is -0.137. The van der Waals surface area contributed by atoms with Crippen LogP contribution in [-0.4, -0.2) is 99.3 Å². The zero-order valence-corrected chi connectivity index (χ0v) is 37.0. The van der Waals surface area contributed by atoms with Crippen molar-refractivity contribution in [3.8, 4) is 33.6 Å². The summed E-state index contributed by atoms with van der Waals surface area (Å²) >= 11 is 0. The average molecular weight is 856 g/mol. The first-order valence-electron chi connectivity index (χ1n) is 21.7. The van der Waals surface area contributed by atoms with E-state index in [0.717, 1.165) is 69.5 Å². The minimum atomic E-state index is -0.827. The molecule has 3 fully saturated rings. The molecule has 330 valence electrons. The van der Waals surface area contributed by atoms with Gasteiger partial charge in [0.2, 0.25) is 11.8 Å². The van der Waals surface area contributed by atoms with Crippen molar-refractivity contribution < 1.29 is 28.7 Å². The Balaban J connectivity index is 0.965. The first-order valence-corrected chi connectivity index (χ1v) is 21.7. The van der Waals surface area contributed by atoms with Crippen LogP contribution >= 0.6 is 0 Å². The fourth-order valence-corrected chi connectivity index (χ4v) is 9.17. The van der Waals surface area contributed by atoms with Crippen LogP contribution in [0.3, 0.4) is 0 Å². The number of imidazole rings is 2. The Bertz CT molecular complexity index is 2530. The number of rotatable bonds is 11. The summed E-state index contributed by atoms with van der Waals surface area (Å²) in [5.74, 6) is 0.771. The maximum absolute atomic E-state index is 14.0. The molecular weight excluding hydrogens is 799 g/mol. The number of alkyl carbamates (subject to hydrolysis) is 2. The molecule has 2 aliphatic heterocycles. The van der Waals surface area contributed by atoms with Gasteiger partial charge in [-0.25, -0.2) is 19.6 Å². The Morgan fingerprint density at radius 1 is 0.778 bits per heavy atom. The number of fused-ring (bicyclic) bond motifs is 1. The number of benzene rings is 3. The fraction of sp³-hybridized carbons (Fsp3) is 0.438. The first-order chi connectivity index (χ1) is 30.1. The summed E-state index contributed by atoms with van der Waals surface area (Å²) in [7, 11) is 2.57. The molecular formula is C48H57N9O6. The Morgan fingerprint density at radius 3 is 1.92 bits per heavy atom. The topological polar surface area (TPSA) is 198 Å². The van der Waals surface area contributed by atoms with Gasteiger partial charge in [-0.2, -0.15) is 0 Å².